The van der Waals surface area contributed by atoms with Crippen LogP contribution < -0.4 is 5.73 Å². The molecule has 1 atom stereocenters. The van der Waals surface area contributed by atoms with Crippen molar-refractivity contribution in [2.75, 3.05) is 7.05 Å². The van der Waals surface area contributed by atoms with Gasteiger partial charge in [-0.3, -0.25) is 4.79 Å². The summed E-state index contributed by atoms with van der Waals surface area (Å²) in [5.41, 5.74) is 5.57. The van der Waals surface area contributed by atoms with Crippen LogP contribution >= 0.6 is 15.9 Å². The van der Waals surface area contributed by atoms with E-state index in [-0.39, 0.29) is 18.3 Å². The van der Waals surface area contributed by atoms with Gasteiger partial charge in [-0.25, -0.2) is 4.39 Å². The summed E-state index contributed by atoms with van der Waals surface area (Å²) in [6.07, 6.45) is 1.44. The number of hydrogen-bond donors (Lipinski definition) is 1. The molecule has 0 saturated carbocycles. The van der Waals surface area contributed by atoms with E-state index in [0.717, 1.165) is 10.9 Å². The molecule has 5 heteroatoms. The van der Waals surface area contributed by atoms with E-state index >= 15 is 0 Å². The minimum Gasteiger partial charge on any atom is -0.340 e. The van der Waals surface area contributed by atoms with Gasteiger partial charge in [0.1, 0.15) is 5.82 Å². The maximum absolute atomic E-state index is 13.6. The number of halogens is 2. The van der Waals surface area contributed by atoms with Crippen molar-refractivity contribution in [1.29, 1.82) is 0 Å². The number of carbonyl (C=O) groups is 1. The zero-order valence-electron chi connectivity index (χ0n) is 11.5. The Morgan fingerprint density at radius 2 is 2.16 bits per heavy atom. The smallest absolute Gasteiger partial charge is 0.242 e. The number of nitrogens with two attached hydrogens (primary N) is 1. The highest BCUT2D eigenvalue weighted by Gasteiger charge is 2.30. The minimum atomic E-state index is -0.897. The van der Waals surface area contributed by atoms with Crippen molar-refractivity contribution < 1.29 is 9.18 Å². The molecule has 106 valence electrons. The van der Waals surface area contributed by atoms with Crippen LogP contribution in [0.3, 0.4) is 0 Å². The van der Waals surface area contributed by atoms with Gasteiger partial charge in [-0.05, 0) is 31.5 Å². The van der Waals surface area contributed by atoms with Gasteiger partial charge in [-0.15, -0.1) is 0 Å². The summed E-state index contributed by atoms with van der Waals surface area (Å²) >= 11 is 3.29. The van der Waals surface area contributed by atoms with E-state index in [1.807, 2.05) is 6.92 Å². The summed E-state index contributed by atoms with van der Waals surface area (Å²) in [5, 5.41) is 0. The zero-order valence-corrected chi connectivity index (χ0v) is 13.1. The first-order valence-electron chi connectivity index (χ1n) is 6.26. The molecule has 0 aliphatic rings. The summed E-state index contributed by atoms with van der Waals surface area (Å²) < 4.78 is 14.4. The Morgan fingerprint density at radius 1 is 1.53 bits per heavy atom. The molecule has 0 heterocycles. The van der Waals surface area contributed by atoms with E-state index in [2.05, 4.69) is 15.9 Å². The Hall–Kier alpha value is -0.940. The fourth-order valence-corrected chi connectivity index (χ4v) is 2.46. The molecule has 0 aliphatic heterocycles. The SMILES string of the molecule is CCCC(C)(N)C(=O)N(C)Cc1cc(Br)ccc1F. The Bertz CT molecular complexity index is 463. The molecule has 0 radical (unpaired) electrons. The van der Waals surface area contributed by atoms with E-state index in [1.165, 1.54) is 11.0 Å². The topological polar surface area (TPSA) is 46.3 Å². The van der Waals surface area contributed by atoms with Crippen LogP contribution in [0.25, 0.3) is 0 Å². The molecule has 19 heavy (non-hydrogen) atoms. The molecule has 2 N–H and O–H groups in total. The Balaban J connectivity index is 2.82. The summed E-state index contributed by atoms with van der Waals surface area (Å²) in [4.78, 5) is 13.7. The van der Waals surface area contributed by atoms with Crippen molar-refractivity contribution in [2.45, 2.75) is 38.8 Å². The second-order valence-corrected chi connectivity index (χ2v) is 5.98. The van der Waals surface area contributed by atoms with Gasteiger partial charge in [0, 0.05) is 23.6 Å². The molecular weight excluding hydrogens is 311 g/mol. The standard InChI is InChI=1S/C14H20BrFN2O/c1-4-7-14(2,17)13(19)18(3)9-10-8-11(15)5-6-12(10)16/h5-6,8H,4,7,9,17H2,1-3H3. The first kappa shape index (κ1) is 16.1. The number of benzene rings is 1. The Labute approximate surface area is 122 Å². The monoisotopic (exact) mass is 330 g/mol. The third-order valence-corrected chi connectivity index (χ3v) is 3.51. The van der Waals surface area contributed by atoms with Gasteiger partial charge < -0.3 is 10.6 Å². The van der Waals surface area contributed by atoms with Crippen molar-refractivity contribution >= 4 is 21.8 Å². The summed E-state index contributed by atoms with van der Waals surface area (Å²) in [5.74, 6) is -0.495. The first-order valence-corrected chi connectivity index (χ1v) is 7.05. The highest BCUT2D eigenvalue weighted by atomic mass is 79.9. The predicted octanol–water partition coefficient (Wildman–Crippen LogP) is 3.06. The lowest BCUT2D eigenvalue weighted by molar-refractivity contribution is -0.135. The molecule has 1 aromatic rings. The Kier molecular flexibility index (Phi) is 5.50. The number of amides is 1. The average molecular weight is 331 g/mol. The van der Waals surface area contributed by atoms with E-state index < -0.39 is 5.54 Å². The van der Waals surface area contributed by atoms with Crippen molar-refractivity contribution in [3.8, 4) is 0 Å². The third-order valence-electron chi connectivity index (χ3n) is 3.02. The molecule has 0 saturated heterocycles. The highest BCUT2D eigenvalue weighted by molar-refractivity contribution is 9.10. The van der Waals surface area contributed by atoms with Crippen molar-refractivity contribution in [3.05, 3.63) is 34.1 Å². The predicted molar refractivity (Wildman–Crippen MR) is 78.1 cm³/mol. The number of likely N-dealkylation sites (N-methyl/N-ethyl adjacent to an activating group) is 1. The number of carbonyl (C=O) groups excluding carboxylic acids is 1. The minimum absolute atomic E-state index is 0.172. The van der Waals surface area contributed by atoms with Crippen LogP contribution in [-0.2, 0) is 11.3 Å². The van der Waals surface area contributed by atoms with Crippen molar-refractivity contribution in [3.63, 3.8) is 0 Å². The number of rotatable bonds is 5. The van der Waals surface area contributed by atoms with Crippen molar-refractivity contribution in [2.24, 2.45) is 5.73 Å². The van der Waals surface area contributed by atoms with Crippen LogP contribution in [0.15, 0.2) is 22.7 Å². The highest BCUT2D eigenvalue weighted by Crippen LogP contribution is 2.19. The van der Waals surface area contributed by atoms with Gasteiger partial charge in [0.05, 0.1) is 5.54 Å². The summed E-state index contributed by atoms with van der Waals surface area (Å²) in [7, 11) is 1.64. The molecule has 0 bridgehead atoms. The first-order chi connectivity index (χ1) is 8.77. The molecule has 0 aliphatic carbocycles. The number of hydrogen-bond acceptors (Lipinski definition) is 2. The molecule has 1 unspecified atom stereocenters. The molecule has 0 aromatic heterocycles. The molecule has 1 aromatic carbocycles. The lowest BCUT2D eigenvalue weighted by atomic mass is 9.95. The van der Waals surface area contributed by atoms with E-state index in [1.54, 1.807) is 26.1 Å². The Morgan fingerprint density at radius 3 is 2.74 bits per heavy atom. The molecular formula is C14H20BrFN2O. The van der Waals surface area contributed by atoms with Gasteiger partial charge in [0.15, 0.2) is 0 Å². The van der Waals surface area contributed by atoms with Crippen LogP contribution in [0.4, 0.5) is 4.39 Å². The molecule has 0 fully saturated rings. The van der Waals surface area contributed by atoms with Gasteiger partial charge >= 0.3 is 0 Å². The van der Waals surface area contributed by atoms with Crippen molar-refractivity contribution in [1.82, 2.24) is 4.90 Å². The van der Waals surface area contributed by atoms with Crippen LogP contribution in [0, 0.1) is 5.82 Å². The molecule has 0 spiro atoms. The van der Waals surface area contributed by atoms with E-state index in [4.69, 9.17) is 5.73 Å². The van der Waals surface area contributed by atoms with E-state index in [0.29, 0.717) is 12.0 Å². The van der Waals surface area contributed by atoms with E-state index in [9.17, 15) is 9.18 Å². The normalized spacial score (nSPS) is 14.0. The van der Waals surface area contributed by atoms with Gasteiger partial charge in [0.2, 0.25) is 5.91 Å². The molecule has 3 nitrogen and oxygen atoms in total. The van der Waals surface area contributed by atoms with Gasteiger partial charge in [-0.2, -0.15) is 0 Å². The lowest BCUT2D eigenvalue weighted by Gasteiger charge is -2.29. The maximum Gasteiger partial charge on any atom is 0.242 e. The third kappa shape index (κ3) is 4.28. The largest absolute Gasteiger partial charge is 0.340 e. The second kappa shape index (κ2) is 6.48. The van der Waals surface area contributed by atoms with Gasteiger partial charge in [0.25, 0.3) is 0 Å². The quantitative estimate of drug-likeness (QED) is 0.901. The van der Waals surface area contributed by atoms with Gasteiger partial charge in [-0.1, -0.05) is 29.3 Å². The van der Waals surface area contributed by atoms with Crippen LogP contribution in [0.1, 0.15) is 32.3 Å². The average Bonchev–Trinajstić information content (AvgIpc) is 2.32. The summed E-state index contributed by atoms with van der Waals surface area (Å²) in [6.45, 7) is 3.90. The fourth-order valence-electron chi connectivity index (χ4n) is 2.05. The van der Waals surface area contributed by atoms with Crippen LogP contribution in [0.5, 0.6) is 0 Å². The maximum atomic E-state index is 13.6. The fraction of sp³-hybridized carbons (Fsp3) is 0.500. The zero-order chi connectivity index (χ0) is 14.6. The van der Waals surface area contributed by atoms with Crippen LogP contribution in [0.2, 0.25) is 0 Å². The molecule has 1 amide bonds. The lowest BCUT2D eigenvalue weighted by Crippen LogP contribution is -2.51. The molecule has 1 rings (SSSR count). The summed E-state index contributed by atoms with van der Waals surface area (Å²) in [6, 6.07) is 4.68. The second-order valence-electron chi connectivity index (χ2n) is 5.06. The number of nitrogens with zero attached hydrogens (tertiary/aromatic N) is 1. The van der Waals surface area contributed by atoms with Crippen LogP contribution in [-0.4, -0.2) is 23.4 Å².